The molecule has 4 heteroatoms. The number of anilines is 1. The first kappa shape index (κ1) is 16.0. The van der Waals surface area contributed by atoms with E-state index in [1.54, 1.807) is 6.08 Å². The minimum atomic E-state index is -0.327. The summed E-state index contributed by atoms with van der Waals surface area (Å²) in [5, 5.41) is 5.49. The highest BCUT2D eigenvalue weighted by Gasteiger charge is 2.14. The lowest BCUT2D eigenvalue weighted by Crippen LogP contribution is -2.29. The van der Waals surface area contributed by atoms with Gasteiger partial charge < -0.3 is 10.6 Å². The van der Waals surface area contributed by atoms with Gasteiger partial charge in [-0.3, -0.25) is 9.59 Å². The Kier molecular flexibility index (Phi) is 4.75. The first-order chi connectivity index (χ1) is 11.6. The number of benzene rings is 2. The molecule has 0 radical (unpaired) electrons. The molecule has 2 aromatic carbocycles. The molecule has 0 heterocycles. The lowest BCUT2D eigenvalue weighted by atomic mass is 10.1. The molecule has 1 aliphatic carbocycles. The van der Waals surface area contributed by atoms with E-state index < -0.39 is 0 Å². The smallest absolute Gasteiger partial charge is 0.272 e. The van der Waals surface area contributed by atoms with Crippen LogP contribution in [-0.4, -0.2) is 11.8 Å². The summed E-state index contributed by atoms with van der Waals surface area (Å²) in [6.07, 6.45) is 4.99. The van der Waals surface area contributed by atoms with Gasteiger partial charge in [-0.25, -0.2) is 0 Å². The normalized spacial score (nSPS) is 13.3. The predicted octanol–water partition coefficient (Wildman–Crippen LogP) is 3.29. The van der Waals surface area contributed by atoms with Crippen molar-refractivity contribution in [2.24, 2.45) is 0 Å². The van der Waals surface area contributed by atoms with Crippen LogP contribution < -0.4 is 10.6 Å². The maximum absolute atomic E-state index is 12.6. The van der Waals surface area contributed by atoms with Crippen LogP contribution in [0.4, 0.5) is 5.69 Å². The summed E-state index contributed by atoms with van der Waals surface area (Å²) in [5.41, 5.74) is 4.49. The van der Waals surface area contributed by atoms with Crippen LogP contribution in [0.2, 0.25) is 0 Å². The van der Waals surface area contributed by atoms with E-state index in [2.05, 4.69) is 16.7 Å². The van der Waals surface area contributed by atoms with E-state index in [4.69, 9.17) is 0 Å². The van der Waals surface area contributed by atoms with E-state index in [1.165, 1.54) is 18.1 Å². The number of amides is 2. The average molecular weight is 320 g/mol. The maximum atomic E-state index is 12.6. The van der Waals surface area contributed by atoms with Crippen LogP contribution in [0.1, 0.15) is 30.0 Å². The third-order valence-corrected chi connectivity index (χ3v) is 4.02. The molecule has 0 aliphatic heterocycles. The fraction of sp³-hybridized carbons (Fsp3) is 0.200. The van der Waals surface area contributed by atoms with Crippen molar-refractivity contribution in [3.63, 3.8) is 0 Å². The highest BCUT2D eigenvalue weighted by Crippen LogP contribution is 2.25. The predicted molar refractivity (Wildman–Crippen MR) is 95.3 cm³/mol. The number of nitrogens with one attached hydrogen (secondary N) is 2. The molecule has 0 saturated carbocycles. The van der Waals surface area contributed by atoms with Gasteiger partial charge in [0.25, 0.3) is 5.91 Å². The Bertz CT molecular complexity index is 795. The van der Waals surface area contributed by atoms with Crippen LogP contribution in [0.25, 0.3) is 6.08 Å². The second-order valence-electron chi connectivity index (χ2n) is 5.94. The molecule has 2 aromatic rings. The van der Waals surface area contributed by atoms with Gasteiger partial charge in [-0.1, -0.05) is 36.4 Å². The zero-order valence-corrected chi connectivity index (χ0v) is 13.6. The second-order valence-corrected chi connectivity index (χ2v) is 5.94. The molecule has 0 aromatic heterocycles. The number of aryl methyl sites for hydroxylation is 2. The van der Waals surface area contributed by atoms with E-state index in [9.17, 15) is 9.59 Å². The molecule has 0 atom stereocenters. The molecule has 0 bridgehead atoms. The van der Waals surface area contributed by atoms with Gasteiger partial charge in [-0.15, -0.1) is 0 Å². The highest BCUT2D eigenvalue weighted by atomic mass is 16.2. The monoisotopic (exact) mass is 320 g/mol. The van der Waals surface area contributed by atoms with Crippen molar-refractivity contribution in [2.75, 3.05) is 5.32 Å². The SMILES string of the molecule is CC(=O)N/C(=C/c1ccccc1)C(=O)Nc1ccc2c(c1)CCC2. The average Bonchev–Trinajstić information content (AvgIpc) is 3.02. The minimum absolute atomic E-state index is 0.231. The third kappa shape index (κ3) is 3.90. The molecule has 1 aliphatic rings. The molecule has 0 saturated heterocycles. The summed E-state index contributed by atoms with van der Waals surface area (Å²) in [4.78, 5) is 24.0. The topological polar surface area (TPSA) is 58.2 Å². The lowest BCUT2D eigenvalue weighted by molar-refractivity contribution is -0.120. The first-order valence-electron chi connectivity index (χ1n) is 8.09. The van der Waals surface area contributed by atoms with E-state index in [1.807, 2.05) is 42.5 Å². The van der Waals surface area contributed by atoms with Crippen molar-refractivity contribution in [2.45, 2.75) is 26.2 Å². The largest absolute Gasteiger partial charge is 0.322 e. The molecule has 0 unspecified atom stereocenters. The summed E-state index contributed by atoms with van der Waals surface area (Å²) >= 11 is 0. The molecular weight excluding hydrogens is 300 g/mol. The van der Waals surface area contributed by atoms with E-state index in [-0.39, 0.29) is 17.5 Å². The Labute approximate surface area is 141 Å². The van der Waals surface area contributed by atoms with Crippen molar-refractivity contribution < 1.29 is 9.59 Å². The molecule has 24 heavy (non-hydrogen) atoms. The van der Waals surface area contributed by atoms with Crippen LogP contribution in [0, 0.1) is 0 Å². The summed E-state index contributed by atoms with van der Waals surface area (Å²) in [6, 6.07) is 15.4. The standard InChI is InChI=1S/C20H20N2O2/c1-14(23)21-19(12-15-6-3-2-4-7-15)20(24)22-18-11-10-16-8-5-9-17(16)13-18/h2-4,6-7,10-13H,5,8-9H2,1H3,(H,21,23)(H,22,24)/b19-12+. The van der Waals surface area contributed by atoms with Gasteiger partial charge in [0.2, 0.25) is 5.91 Å². The summed E-state index contributed by atoms with van der Waals surface area (Å²) < 4.78 is 0. The van der Waals surface area contributed by atoms with Crippen LogP contribution in [0.15, 0.2) is 54.2 Å². The minimum Gasteiger partial charge on any atom is -0.322 e. The van der Waals surface area contributed by atoms with Crippen LogP contribution in [0.5, 0.6) is 0 Å². The zero-order valence-electron chi connectivity index (χ0n) is 13.6. The van der Waals surface area contributed by atoms with E-state index in [0.717, 1.165) is 30.5 Å². The molecule has 0 fully saturated rings. The van der Waals surface area contributed by atoms with Crippen LogP contribution in [0.3, 0.4) is 0 Å². The molecule has 4 nitrogen and oxygen atoms in total. The Hall–Kier alpha value is -2.88. The van der Waals surface area contributed by atoms with Crippen LogP contribution >= 0.6 is 0 Å². The van der Waals surface area contributed by atoms with Gasteiger partial charge in [-0.2, -0.15) is 0 Å². The number of hydrogen-bond donors (Lipinski definition) is 2. The third-order valence-electron chi connectivity index (χ3n) is 4.02. The van der Waals surface area contributed by atoms with Crippen molar-refractivity contribution in [1.29, 1.82) is 0 Å². The Balaban J connectivity index is 1.81. The Morgan fingerprint density at radius 1 is 1.00 bits per heavy atom. The number of carbonyl (C=O) groups is 2. The molecule has 2 amide bonds. The summed E-state index contributed by atoms with van der Waals surface area (Å²) in [6.45, 7) is 1.39. The van der Waals surface area contributed by atoms with Gasteiger partial charge in [0.05, 0.1) is 0 Å². The van der Waals surface area contributed by atoms with Crippen molar-refractivity contribution in [3.05, 3.63) is 70.9 Å². The highest BCUT2D eigenvalue weighted by molar-refractivity contribution is 6.08. The molecular formula is C20H20N2O2. The van der Waals surface area contributed by atoms with E-state index >= 15 is 0 Å². The molecule has 2 N–H and O–H groups in total. The van der Waals surface area contributed by atoms with Gasteiger partial charge in [0.15, 0.2) is 0 Å². The maximum Gasteiger partial charge on any atom is 0.272 e. The summed E-state index contributed by atoms with van der Waals surface area (Å²) in [7, 11) is 0. The molecule has 0 spiro atoms. The van der Waals surface area contributed by atoms with Gasteiger partial charge in [-0.05, 0) is 54.2 Å². The number of carbonyl (C=O) groups excluding carboxylic acids is 2. The molecule has 122 valence electrons. The van der Waals surface area contributed by atoms with E-state index in [0.29, 0.717) is 0 Å². The fourth-order valence-corrected chi connectivity index (χ4v) is 2.91. The van der Waals surface area contributed by atoms with Gasteiger partial charge in [0.1, 0.15) is 5.70 Å². The number of fused-ring (bicyclic) bond motifs is 1. The lowest BCUT2D eigenvalue weighted by Gasteiger charge is -2.11. The second kappa shape index (κ2) is 7.13. The van der Waals surface area contributed by atoms with Crippen molar-refractivity contribution in [3.8, 4) is 0 Å². The Morgan fingerprint density at radius 2 is 1.75 bits per heavy atom. The molecule has 3 rings (SSSR count). The van der Waals surface area contributed by atoms with Crippen LogP contribution in [-0.2, 0) is 22.4 Å². The number of hydrogen-bond acceptors (Lipinski definition) is 2. The van der Waals surface area contributed by atoms with Gasteiger partial charge in [0, 0.05) is 12.6 Å². The van der Waals surface area contributed by atoms with Crippen molar-refractivity contribution in [1.82, 2.24) is 5.32 Å². The fourth-order valence-electron chi connectivity index (χ4n) is 2.91. The first-order valence-corrected chi connectivity index (χ1v) is 8.09. The quantitative estimate of drug-likeness (QED) is 0.849. The van der Waals surface area contributed by atoms with Crippen molar-refractivity contribution >= 4 is 23.6 Å². The summed E-state index contributed by atoms with van der Waals surface area (Å²) in [5.74, 6) is -0.603. The zero-order chi connectivity index (χ0) is 16.9. The van der Waals surface area contributed by atoms with Gasteiger partial charge >= 0.3 is 0 Å². The Morgan fingerprint density at radius 3 is 2.50 bits per heavy atom. The number of rotatable bonds is 4.